The maximum atomic E-state index is 11.4. The first kappa shape index (κ1) is 14.0. The Hall–Kier alpha value is -0.990. The van der Waals surface area contributed by atoms with E-state index in [1.54, 1.807) is 0 Å². The van der Waals surface area contributed by atoms with Crippen LogP contribution in [0.1, 0.15) is 47.0 Å². The lowest BCUT2D eigenvalue weighted by Gasteiger charge is -2.20. The van der Waals surface area contributed by atoms with Gasteiger partial charge >= 0.3 is 0 Å². The summed E-state index contributed by atoms with van der Waals surface area (Å²) in [5.74, 6) is 0.840. The second-order valence-electron chi connectivity index (χ2n) is 4.81. The van der Waals surface area contributed by atoms with Crippen molar-refractivity contribution in [2.24, 2.45) is 0 Å². The molecule has 0 bridgehead atoms. The van der Waals surface area contributed by atoms with Gasteiger partial charge < -0.3 is 10.1 Å². The summed E-state index contributed by atoms with van der Waals surface area (Å²) >= 11 is 0. The maximum absolute atomic E-state index is 11.4. The molecule has 0 fully saturated rings. The van der Waals surface area contributed by atoms with E-state index < -0.39 is 0 Å². The van der Waals surface area contributed by atoms with Crippen LogP contribution in [0.2, 0.25) is 0 Å². The first-order chi connectivity index (χ1) is 6.81. The summed E-state index contributed by atoms with van der Waals surface area (Å²) in [6, 6.07) is 0. The Labute approximate surface area is 92.9 Å². The normalized spacial score (nSPS) is 10.9. The van der Waals surface area contributed by atoms with Crippen LogP contribution in [0.5, 0.6) is 0 Å². The lowest BCUT2D eigenvalue weighted by atomic mass is 10.1. The number of nitrogens with one attached hydrogen (secondary N) is 1. The molecule has 0 saturated heterocycles. The third-order valence-corrected chi connectivity index (χ3v) is 1.66. The number of ether oxygens (including phenoxy) is 1. The molecular weight excluding hydrogens is 190 g/mol. The van der Waals surface area contributed by atoms with Crippen molar-refractivity contribution in [3.63, 3.8) is 0 Å². The predicted octanol–water partition coefficient (Wildman–Crippen LogP) is 2.62. The van der Waals surface area contributed by atoms with Crippen molar-refractivity contribution < 1.29 is 9.53 Å². The highest BCUT2D eigenvalue weighted by Crippen LogP contribution is 2.03. The summed E-state index contributed by atoms with van der Waals surface area (Å²) in [6.45, 7) is 12.1. The van der Waals surface area contributed by atoms with Crippen LogP contribution in [0, 0.1) is 0 Å². The van der Waals surface area contributed by atoms with E-state index in [-0.39, 0.29) is 11.4 Å². The molecule has 0 heterocycles. The van der Waals surface area contributed by atoms with Gasteiger partial charge in [-0.1, -0.05) is 6.58 Å². The van der Waals surface area contributed by atoms with Crippen molar-refractivity contribution in [3.05, 3.63) is 12.3 Å². The summed E-state index contributed by atoms with van der Waals surface area (Å²) in [6.07, 6.45) is 2.32. The van der Waals surface area contributed by atoms with Crippen molar-refractivity contribution >= 4 is 5.91 Å². The molecule has 0 aromatic carbocycles. The summed E-state index contributed by atoms with van der Waals surface area (Å²) in [7, 11) is 0. The van der Waals surface area contributed by atoms with Crippen molar-refractivity contribution in [1.82, 2.24) is 5.32 Å². The number of carbonyl (C=O) groups excluding carboxylic acids is 1. The second-order valence-corrected chi connectivity index (χ2v) is 4.81. The van der Waals surface area contributed by atoms with E-state index in [9.17, 15) is 4.79 Å². The lowest BCUT2D eigenvalue weighted by molar-refractivity contribution is -0.122. The molecule has 1 N–H and O–H groups in total. The number of amides is 1. The van der Waals surface area contributed by atoms with Gasteiger partial charge in [-0.05, 0) is 40.5 Å². The second kappa shape index (κ2) is 6.49. The van der Waals surface area contributed by atoms with Gasteiger partial charge in [0.1, 0.15) is 0 Å². The molecule has 88 valence electrons. The van der Waals surface area contributed by atoms with Gasteiger partial charge in [-0.3, -0.25) is 4.79 Å². The molecule has 3 heteroatoms. The average molecular weight is 213 g/mol. The molecule has 0 saturated carbocycles. The third-order valence-electron chi connectivity index (χ3n) is 1.66. The Morgan fingerprint density at radius 2 is 1.93 bits per heavy atom. The van der Waals surface area contributed by atoms with Gasteiger partial charge in [-0.2, -0.15) is 0 Å². The van der Waals surface area contributed by atoms with Crippen LogP contribution in [0.4, 0.5) is 0 Å². The number of rotatable bonds is 6. The Morgan fingerprint density at radius 1 is 1.33 bits per heavy atom. The van der Waals surface area contributed by atoms with Crippen LogP contribution >= 0.6 is 0 Å². The molecule has 0 aromatic heterocycles. The van der Waals surface area contributed by atoms with E-state index in [2.05, 4.69) is 11.9 Å². The molecule has 0 aliphatic carbocycles. The van der Waals surface area contributed by atoms with E-state index in [4.69, 9.17) is 4.74 Å². The van der Waals surface area contributed by atoms with E-state index >= 15 is 0 Å². The molecule has 0 radical (unpaired) electrons. The largest absolute Gasteiger partial charge is 0.499 e. The van der Waals surface area contributed by atoms with Crippen molar-refractivity contribution in [2.45, 2.75) is 52.5 Å². The van der Waals surface area contributed by atoms with Crippen LogP contribution in [-0.2, 0) is 9.53 Å². The SMILES string of the molecule is C=C(C)OCCCCC(=O)NC(C)(C)C. The number of hydrogen-bond donors (Lipinski definition) is 1. The maximum Gasteiger partial charge on any atom is 0.220 e. The van der Waals surface area contributed by atoms with Gasteiger partial charge in [0.25, 0.3) is 0 Å². The zero-order valence-corrected chi connectivity index (χ0v) is 10.4. The van der Waals surface area contributed by atoms with Crippen LogP contribution in [0.25, 0.3) is 0 Å². The van der Waals surface area contributed by atoms with Crippen LogP contribution in [0.3, 0.4) is 0 Å². The van der Waals surface area contributed by atoms with E-state index in [0.717, 1.165) is 18.6 Å². The van der Waals surface area contributed by atoms with Gasteiger partial charge in [0.05, 0.1) is 12.4 Å². The third kappa shape index (κ3) is 10.9. The van der Waals surface area contributed by atoms with Gasteiger partial charge in [0.15, 0.2) is 0 Å². The quantitative estimate of drug-likeness (QED) is 0.544. The van der Waals surface area contributed by atoms with Gasteiger partial charge in [-0.25, -0.2) is 0 Å². The monoisotopic (exact) mass is 213 g/mol. The summed E-state index contributed by atoms with van der Waals surface area (Å²) in [4.78, 5) is 11.4. The van der Waals surface area contributed by atoms with Crippen molar-refractivity contribution in [2.75, 3.05) is 6.61 Å². The van der Waals surface area contributed by atoms with Crippen LogP contribution in [-0.4, -0.2) is 18.1 Å². The topological polar surface area (TPSA) is 38.3 Å². The Balaban J connectivity index is 3.44. The minimum absolute atomic E-state index is 0.109. The lowest BCUT2D eigenvalue weighted by Crippen LogP contribution is -2.40. The van der Waals surface area contributed by atoms with Gasteiger partial charge in [0, 0.05) is 12.0 Å². The van der Waals surface area contributed by atoms with Gasteiger partial charge in [-0.15, -0.1) is 0 Å². The number of unbranched alkanes of at least 4 members (excludes halogenated alkanes) is 1. The number of hydrogen-bond acceptors (Lipinski definition) is 2. The Bertz CT molecular complexity index is 216. The summed E-state index contributed by atoms with van der Waals surface area (Å²) in [5, 5.41) is 2.92. The standard InChI is InChI=1S/C12H23NO2/c1-10(2)15-9-7-6-8-11(14)13-12(3,4)5/h1,6-9H2,2-5H3,(H,13,14). The fourth-order valence-electron chi connectivity index (χ4n) is 1.11. The molecule has 3 nitrogen and oxygen atoms in total. The first-order valence-corrected chi connectivity index (χ1v) is 5.40. The predicted molar refractivity (Wildman–Crippen MR) is 62.5 cm³/mol. The molecule has 0 aromatic rings. The molecule has 0 rings (SSSR count). The smallest absolute Gasteiger partial charge is 0.220 e. The van der Waals surface area contributed by atoms with E-state index in [1.165, 1.54) is 0 Å². The van der Waals surface area contributed by atoms with E-state index in [1.807, 2.05) is 27.7 Å². The van der Waals surface area contributed by atoms with Crippen molar-refractivity contribution in [3.8, 4) is 0 Å². The van der Waals surface area contributed by atoms with Gasteiger partial charge in [0.2, 0.25) is 5.91 Å². The minimum Gasteiger partial charge on any atom is -0.499 e. The summed E-state index contributed by atoms with van der Waals surface area (Å²) < 4.78 is 5.20. The minimum atomic E-state index is -0.134. The summed E-state index contributed by atoms with van der Waals surface area (Å²) in [5.41, 5.74) is -0.134. The number of carbonyl (C=O) groups is 1. The molecule has 1 amide bonds. The molecule has 15 heavy (non-hydrogen) atoms. The Morgan fingerprint density at radius 3 is 2.40 bits per heavy atom. The molecule has 0 atom stereocenters. The first-order valence-electron chi connectivity index (χ1n) is 5.40. The molecular formula is C12H23NO2. The zero-order valence-electron chi connectivity index (χ0n) is 10.4. The highest BCUT2D eigenvalue weighted by Gasteiger charge is 2.12. The highest BCUT2D eigenvalue weighted by atomic mass is 16.5. The fourth-order valence-corrected chi connectivity index (χ4v) is 1.11. The highest BCUT2D eigenvalue weighted by molar-refractivity contribution is 5.76. The number of allylic oxidation sites excluding steroid dienone is 1. The molecule has 0 aliphatic heterocycles. The zero-order chi connectivity index (χ0) is 11.9. The molecule has 0 unspecified atom stereocenters. The van der Waals surface area contributed by atoms with Crippen LogP contribution in [0.15, 0.2) is 12.3 Å². The van der Waals surface area contributed by atoms with Crippen LogP contribution < -0.4 is 5.32 Å². The molecule has 0 aliphatic rings. The van der Waals surface area contributed by atoms with Crippen molar-refractivity contribution in [1.29, 1.82) is 0 Å². The Kier molecular flexibility index (Phi) is 6.06. The molecule has 0 spiro atoms. The van der Waals surface area contributed by atoms with E-state index in [0.29, 0.717) is 13.0 Å². The fraction of sp³-hybridized carbons (Fsp3) is 0.750. The average Bonchev–Trinajstić information content (AvgIpc) is 1.99.